The topological polar surface area (TPSA) is 107 Å². The Balaban J connectivity index is 1.55. The molecule has 160 valence electrons. The fourth-order valence-electron chi connectivity index (χ4n) is 3.30. The van der Waals surface area contributed by atoms with Gasteiger partial charge in [0.2, 0.25) is 11.7 Å². The van der Waals surface area contributed by atoms with Crippen LogP contribution in [-0.4, -0.2) is 32.0 Å². The highest BCUT2D eigenvalue weighted by atomic mass is 16.2. The summed E-state index contributed by atoms with van der Waals surface area (Å²) in [6.07, 6.45) is 0. The lowest BCUT2D eigenvalue weighted by atomic mass is 10.1. The standard InChI is InChI=1S/C24H22N6O2/c1-17-6-5-9-21(14-17)29(15-18-7-3-2-4-8-18)22(31)16-30-27-24(26-28-30)20-12-10-19(11-13-20)23(25)32/h2-14H,15-16H2,1H3,(H2,25,32). The van der Waals surface area contributed by atoms with Gasteiger partial charge in [-0.3, -0.25) is 9.59 Å². The summed E-state index contributed by atoms with van der Waals surface area (Å²) in [5.74, 6) is -0.306. The molecular weight excluding hydrogens is 404 g/mol. The van der Waals surface area contributed by atoms with Crippen molar-refractivity contribution >= 4 is 17.5 Å². The highest BCUT2D eigenvalue weighted by Gasteiger charge is 2.19. The Morgan fingerprint density at radius 3 is 2.41 bits per heavy atom. The maximum Gasteiger partial charge on any atom is 0.250 e. The first-order valence-corrected chi connectivity index (χ1v) is 10.1. The predicted octanol–water partition coefficient (Wildman–Crippen LogP) is 2.98. The van der Waals surface area contributed by atoms with Crippen LogP contribution in [0, 0.1) is 6.92 Å². The van der Waals surface area contributed by atoms with E-state index in [0.29, 0.717) is 23.5 Å². The number of rotatable bonds is 7. The lowest BCUT2D eigenvalue weighted by Gasteiger charge is -2.23. The second-order valence-corrected chi connectivity index (χ2v) is 7.39. The lowest BCUT2D eigenvalue weighted by Crippen LogP contribution is -2.34. The van der Waals surface area contributed by atoms with Crippen molar-refractivity contribution in [1.29, 1.82) is 0 Å². The largest absolute Gasteiger partial charge is 0.366 e. The summed E-state index contributed by atoms with van der Waals surface area (Å²) >= 11 is 0. The van der Waals surface area contributed by atoms with Gasteiger partial charge >= 0.3 is 0 Å². The lowest BCUT2D eigenvalue weighted by molar-refractivity contribution is -0.119. The van der Waals surface area contributed by atoms with Gasteiger partial charge in [0.15, 0.2) is 0 Å². The molecule has 0 radical (unpaired) electrons. The second-order valence-electron chi connectivity index (χ2n) is 7.39. The first kappa shape index (κ1) is 20.9. The van der Waals surface area contributed by atoms with Gasteiger partial charge in [-0.1, -0.05) is 54.6 Å². The first-order chi connectivity index (χ1) is 15.5. The zero-order valence-corrected chi connectivity index (χ0v) is 17.5. The quantitative estimate of drug-likeness (QED) is 0.489. The molecule has 1 aromatic heterocycles. The molecule has 0 spiro atoms. The Hall–Kier alpha value is -4.33. The zero-order chi connectivity index (χ0) is 22.5. The van der Waals surface area contributed by atoms with E-state index in [4.69, 9.17) is 5.73 Å². The van der Waals surface area contributed by atoms with Crippen LogP contribution in [0.25, 0.3) is 11.4 Å². The SMILES string of the molecule is Cc1cccc(N(Cc2ccccc2)C(=O)Cn2nnc(-c3ccc(C(N)=O)cc3)n2)c1. The molecule has 0 saturated carbocycles. The molecule has 32 heavy (non-hydrogen) atoms. The highest BCUT2D eigenvalue weighted by Crippen LogP contribution is 2.20. The van der Waals surface area contributed by atoms with E-state index in [1.165, 1.54) is 4.80 Å². The minimum absolute atomic E-state index is 0.0624. The number of carbonyl (C=O) groups is 2. The molecule has 4 rings (SSSR count). The summed E-state index contributed by atoms with van der Waals surface area (Å²) in [6.45, 7) is 2.36. The molecule has 2 N–H and O–H groups in total. The Kier molecular flexibility index (Phi) is 6.03. The molecular formula is C24H22N6O2. The molecule has 8 heteroatoms. The van der Waals surface area contributed by atoms with Crippen LogP contribution in [0.15, 0.2) is 78.9 Å². The van der Waals surface area contributed by atoms with Crippen LogP contribution >= 0.6 is 0 Å². The molecule has 8 nitrogen and oxygen atoms in total. The fraction of sp³-hybridized carbons (Fsp3) is 0.125. The number of hydrogen-bond acceptors (Lipinski definition) is 5. The molecule has 2 amide bonds. The number of primary amides is 1. The minimum Gasteiger partial charge on any atom is -0.366 e. The molecule has 3 aromatic carbocycles. The number of nitrogens with zero attached hydrogens (tertiary/aromatic N) is 5. The van der Waals surface area contributed by atoms with Crippen molar-refractivity contribution in [3.63, 3.8) is 0 Å². The van der Waals surface area contributed by atoms with Crippen molar-refractivity contribution in [2.75, 3.05) is 4.90 Å². The molecule has 0 saturated heterocycles. The number of amides is 2. The second kappa shape index (κ2) is 9.22. The molecule has 4 aromatic rings. The molecule has 0 fully saturated rings. The van der Waals surface area contributed by atoms with E-state index < -0.39 is 5.91 Å². The third kappa shape index (κ3) is 4.86. The molecule has 0 bridgehead atoms. The van der Waals surface area contributed by atoms with Crippen molar-refractivity contribution in [2.24, 2.45) is 5.73 Å². The molecule has 0 aliphatic rings. The van der Waals surface area contributed by atoms with Gasteiger partial charge in [0.25, 0.3) is 5.91 Å². The van der Waals surface area contributed by atoms with E-state index in [1.54, 1.807) is 29.2 Å². The molecule has 0 unspecified atom stereocenters. The van der Waals surface area contributed by atoms with Gasteiger partial charge in [0.1, 0.15) is 6.54 Å². The summed E-state index contributed by atoms with van der Waals surface area (Å²) in [7, 11) is 0. The fourth-order valence-corrected chi connectivity index (χ4v) is 3.30. The molecule has 0 atom stereocenters. The number of aromatic nitrogens is 4. The van der Waals surface area contributed by atoms with Crippen molar-refractivity contribution in [2.45, 2.75) is 20.0 Å². The van der Waals surface area contributed by atoms with E-state index >= 15 is 0 Å². The third-order valence-electron chi connectivity index (χ3n) is 4.96. The summed E-state index contributed by atoms with van der Waals surface area (Å²) in [6, 6.07) is 24.2. The van der Waals surface area contributed by atoms with Crippen LogP contribution in [-0.2, 0) is 17.9 Å². The van der Waals surface area contributed by atoms with E-state index in [0.717, 1.165) is 16.8 Å². The number of anilines is 1. The zero-order valence-electron chi connectivity index (χ0n) is 17.5. The van der Waals surface area contributed by atoms with Crippen LogP contribution < -0.4 is 10.6 Å². The van der Waals surface area contributed by atoms with Gasteiger partial charge < -0.3 is 10.6 Å². The van der Waals surface area contributed by atoms with Crippen LogP contribution in [0.5, 0.6) is 0 Å². The van der Waals surface area contributed by atoms with Gasteiger partial charge in [-0.2, -0.15) is 4.80 Å². The van der Waals surface area contributed by atoms with Gasteiger partial charge in [-0.05, 0) is 47.5 Å². The Bertz CT molecular complexity index is 1230. The predicted molar refractivity (Wildman–Crippen MR) is 121 cm³/mol. The number of tetrazole rings is 1. The normalized spacial score (nSPS) is 10.7. The van der Waals surface area contributed by atoms with E-state index in [9.17, 15) is 9.59 Å². The van der Waals surface area contributed by atoms with E-state index in [-0.39, 0.29) is 12.5 Å². The minimum atomic E-state index is -0.506. The summed E-state index contributed by atoms with van der Waals surface area (Å²) in [4.78, 5) is 27.5. The van der Waals surface area contributed by atoms with E-state index in [1.807, 2.05) is 61.5 Å². The number of benzene rings is 3. The Morgan fingerprint density at radius 1 is 0.969 bits per heavy atom. The van der Waals surface area contributed by atoms with Crippen molar-refractivity contribution in [1.82, 2.24) is 20.2 Å². The summed E-state index contributed by atoms with van der Waals surface area (Å²) < 4.78 is 0. The molecule has 0 aliphatic carbocycles. The Labute approximate surface area is 185 Å². The van der Waals surface area contributed by atoms with Crippen molar-refractivity contribution < 1.29 is 9.59 Å². The van der Waals surface area contributed by atoms with E-state index in [2.05, 4.69) is 15.4 Å². The molecule has 1 heterocycles. The van der Waals surface area contributed by atoms with Gasteiger partial charge in [-0.15, -0.1) is 10.2 Å². The van der Waals surface area contributed by atoms with Gasteiger partial charge in [0.05, 0.1) is 6.54 Å². The summed E-state index contributed by atoms with van der Waals surface area (Å²) in [5, 5.41) is 12.4. The van der Waals surface area contributed by atoms with Gasteiger partial charge in [-0.25, -0.2) is 0 Å². The van der Waals surface area contributed by atoms with Crippen LogP contribution in [0.3, 0.4) is 0 Å². The number of carbonyl (C=O) groups excluding carboxylic acids is 2. The van der Waals surface area contributed by atoms with Crippen molar-refractivity contribution in [3.8, 4) is 11.4 Å². The van der Waals surface area contributed by atoms with Crippen molar-refractivity contribution in [3.05, 3.63) is 95.6 Å². The average molecular weight is 426 g/mol. The smallest absolute Gasteiger partial charge is 0.250 e. The number of nitrogens with two attached hydrogens (primary N) is 1. The average Bonchev–Trinajstić information content (AvgIpc) is 3.26. The molecule has 0 aliphatic heterocycles. The summed E-state index contributed by atoms with van der Waals surface area (Å²) in [5.41, 5.74) is 9.23. The van der Waals surface area contributed by atoms with Gasteiger partial charge in [0, 0.05) is 16.8 Å². The van der Waals surface area contributed by atoms with Crippen LogP contribution in [0.4, 0.5) is 5.69 Å². The third-order valence-corrected chi connectivity index (χ3v) is 4.96. The van der Waals surface area contributed by atoms with Crippen LogP contribution in [0.1, 0.15) is 21.5 Å². The van der Waals surface area contributed by atoms with Crippen LogP contribution in [0.2, 0.25) is 0 Å². The highest BCUT2D eigenvalue weighted by molar-refractivity contribution is 5.93. The monoisotopic (exact) mass is 426 g/mol. The number of aryl methyl sites for hydroxylation is 1. The Morgan fingerprint density at radius 2 is 1.72 bits per heavy atom. The first-order valence-electron chi connectivity index (χ1n) is 10.1. The number of hydrogen-bond donors (Lipinski definition) is 1. The maximum absolute atomic E-state index is 13.2. The maximum atomic E-state index is 13.2.